The highest BCUT2D eigenvalue weighted by molar-refractivity contribution is 6.31. The molecule has 0 aliphatic carbocycles. The number of hydrogen-bond donors (Lipinski definition) is 0. The summed E-state index contributed by atoms with van der Waals surface area (Å²) in [5.41, 5.74) is 0. The van der Waals surface area contributed by atoms with Gasteiger partial charge in [-0.05, 0) is 29.6 Å². The molecule has 21 heavy (non-hydrogen) atoms. The molecule has 0 aromatic carbocycles. The monoisotopic (exact) mass is 337 g/mol. The molecule has 0 bridgehead atoms. The van der Waals surface area contributed by atoms with Gasteiger partial charge in [0.25, 0.3) is 0 Å². The molecule has 0 aliphatic rings. The van der Waals surface area contributed by atoms with E-state index in [4.69, 9.17) is 37.4 Å². The van der Waals surface area contributed by atoms with Crippen molar-refractivity contribution in [2.75, 3.05) is 33.0 Å². The summed E-state index contributed by atoms with van der Waals surface area (Å²) in [5.74, 6) is 0. The van der Waals surface area contributed by atoms with E-state index in [2.05, 4.69) is 21.9 Å². The molecule has 1 aromatic rings. The zero-order chi connectivity index (χ0) is 15.3. The molecule has 0 saturated heterocycles. The van der Waals surface area contributed by atoms with Crippen LogP contribution >= 0.6 is 23.2 Å². The Morgan fingerprint density at radius 2 is 1.38 bits per heavy atom. The molecule has 0 radical (unpaired) electrons. The Hall–Kier alpha value is -0.690. The van der Waals surface area contributed by atoms with E-state index in [1.165, 1.54) is 19.3 Å². The number of aromatic nitrogens is 3. The van der Waals surface area contributed by atoms with E-state index in [1.54, 1.807) is 0 Å². The van der Waals surface area contributed by atoms with E-state index in [-0.39, 0.29) is 16.6 Å². The van der Waals surface area contributed by atoms with Crippen molar-refractivity contribution in [3.05, 3.63) is 10.6 Å². The zero-order valence-electron chi connectivity index (χ0n) is 12.2. The van der Waals surface area contributed by atoms with Gasteiger partial charge in [0.1, 0.15) is 6.61 Å². The second kappa shape index (κ2) is 11.9. The Balaban J connectivity index is 1.93. The van der Waals surface area contributed by atoms with Crippen LogP contribution in [-0.4, -0.2) is 48.0 Å². The average molecular weight is 338 g/mol. The molecule has 1 heterocycles. The van der Waals surface area contributed by atoms with Gasteiger partial charge >= 0.3 is 6.01 Å². The lowest BCUT2D eigenvalue weighted by Crippen LogP contribution is -2.12. The van der Waals surface area contributed by atoms with Gasteiger partial charge in [0.2, 0.25) is 10.6 Å². The molecule has 8 heteroatoms. The maximum Gasteiger partial charge on any atom is 0.322 e. The van der Waals surface area contributed by atoms with E-state index >= 15 is 0 Å². The van der Waals surface area contributed by atoms with Crippen LogP contribution in [0.1, 0.15) is 32.6 Å². The lowest BCUT2D eigenvalue weighted by atomic mass is 10.2. The van der Waals surface area contributed by atoms with Crippen LogP contribution < -0.4 is 4.74 Å². The number of ether oxygens (including phenoxy) is 3. The number of rotatable bonds is 12. The van der Waals surface area contributed by atoms with Crippen LogP contribution in [0.4, 0.5) is 0 Å². The SMILES string of the molecule is CCCCCCOCCOCCOc1nc(Cl)nc(Cl)n1. The fourth-order valence-electron chi connectivity index (χ4n) is 1.52. The molecule has 1 rings (SSSR count). The molecule has 0 aliphatic heterocycles. The molecule has 1 aromatic heterocycles. The van der Waals surface area contributed by atoms with Crippen molar-refractivity contribution >= 4 is 23.2 Å². The molecule has 0 fully saturated rings. The van der Waals surface area contributed by atoms with Crippen molar-refractivity contribution in [1.29, 1.82) is 0 Å². The summed E-state index contributed by atoms with van der Waals surface area (Å²) in [5, 5.41) is 0.00443. The first-order valence-corrected chi connectivity index (χ1v) is 7.83. The second-order valence-electron chi connectivity index (χ2n) is 4.29. The standard InChI is InChI=1S/C13H21Cl2N3O3/c1-2-3-4-5-6-19-7-8-20-9-10-21-13-17-11(14)16-12(15)18-13/h2-10H2,1H3. The van der Waals surface area contributed by atoms with E-state index in [1.807, 2.05) is 0 Å². The fraction of sp³-hybridized carbons (Fsp3) is 0.769. The van der Waals surface area contributed by atoms with E-state index in [0.717, 1.165) is 13.0 Å². The van der Waals surface area contributed by atoms with Crippen LogP contribution in [0.3, 0.4) is 0 Å². The van der Waals surface area contributed by atoms with Crippen LogP contribution in [0.25, 0.3) is 0 Å². The topological polar surface area (TPSA) is 66.4 Å². The van der Waals surface area contributed by atoms with Gasteiger partial charge in [-0.15, -0.1) is 0 Å². The summed E-state index contributed by atoms with van der Waals surface area (Å²) in [6.07, 6.45) is 4.84. The first-order valence-electron chi connectivity index (χ1n) is 7.07. The Labute approximate surface area is 135 Å². The fourth-order valence-corrected chi connectivity index (χ4v) is 1.87. The van der Waals surface area contributed by atoms with Crippen molar-refractivity contribution in [1.82, 2.24) is 15.0 Å². The number of unbranched alkanes of at least 4 members (excludes halogenated alkanes) is 3. The van der Waals surface area contributed by atoms with Crippen molar-refractivity contribution in [2.45, 2.75) is 32.6 Å². The summed E-state index contributed by atoms with van der Waals surface area (Å²) < 4.78 is 16.0. The molecular weight excluding hydrogens is 317 g/mol. The van der Waals surface area contributed by atoms with Crippen molar-refractivity contribution < 1.29 is 14.2 Å². The summed E-state index contributed by atoms with van der Waals surface area (Å²) in [6.45, 7) is 4.84. The first kappa shape index (κ1) is 18.4. The maximum absolute atomic E-state index is 5.62. The number of halogens is 2. The first-order chi connectivity index (χ1) is 10.2. The summed E-state index contributed by atoms with van der Waals surface area (Å²) in [4.78, 5) is 11.2. The number of nitrogens with zero attached hydrogens (tertiary/aromatic N) is 3. The van der Waals surface area contributed by atoms with Gasteiger partial charge in [-0.1, -0.05) is 26.2 Å². The molecule has 0 atom stereocenters. The predicted molar refractivity (Wildman–Crippen MR) is 81.1 cm³/mol. The smallest absolute Gasteiger partial charge is 0.322 e. The highest BCUT2D eigenvalue weighted by atomic mass is 35.5. The molecule has 0 spiro atoms. The predicted octanol–water partition coefficient (Wildman–Crippen LogP) is 3.17. The van der Waals surface area contributed by atoms with Crippen LogP contribution in [0, 0.1) is 0 Å². The Bertz CT molecular complexity index is 377. The molecule has 0 saturated carbocycles. The Morgan fingerprint density at radius 1 is 0.762 bits per heavy atom. The minimum Gasteiger partial charge on any atom is -0.461 e. The van der Waals surface area contributed by atoms with Crippen molar-refractivity contribution in [3.8, 4) is 6.01 Å². The zero-order valence-corrected chi connectivity index (χ0v) is 13.7. The molecule has 0 N–H and O–H groups in total. The van der Waals surface area contributed by atoms with Crippen LogP contribution in [-0.2, 0) is 9.47 Å². The maximum atomic E-state index is 5.62. The van der Waals surface area contributed by atoms with E-state index < -0.39 is 0 Å². The Kier molecular flexibility index (Phi) is 10.4. The van der Waals surface area contributed by atoms with Gasteiger partial charge < -0.3 is 14.2 Å². The summed E-state index contributed by atoms with van der Waals surface area (Å²) in [6, 6.07) is 0.0933. The molecule has 6 nitrogen and oxygen atoms in total. The Morgan fingerprint density at radius 3 is 2.05 bits per heavy atom. The third-order valence-electron chi connectivity index (χ3n) is 2.53. The van der Waals surface area contributed by atoms with Gasteiger partial charge in [-0.3, -0.25) is 0 Å². The van der Waals surface area contributed by atoms with Crippen molar-refractivity contribution in [2.24, 2.45) is 0 Å². The quantitative estimate of drug-likeness (QED) is 0.546. The normalized spacial score (nSPS) is 10.8. The lowest BCUT2D eigenvalue weighted by molar-refractivity contribution is 0.0341. The lowest BCUT2D eigenvalue weighted by Gasteiger charge is -2.07. The number of hydrogen-bond acceptors (Lipinski definition) is 6. The largest absolute Gasteiger partial charge is 0.461 e. The summed E-state index contributed by atoms with van der Waals surface area (Å²) in [7, 11) is 0. The second-order valence-corrected chi connectivity index (χ2v) is 4.97. The van der Waals surface area contributed by atoms with E-state index in [0.29, 0.717) is 26.4 Å². The van der Waals surface area contributed by atoms with Crippen molar-refractivity contribution in [3.63, 3.8) is 0 Å². The van der Waals surface area contributed by atoms with Gasteiger partial charge in [0, 0.05) is 6.61 Å². The van der Waals surface area contributed by atoms with Gasteiger partial charge in [-0.2, -0.15) is 15.0 Å². The highest BCUT2D eigenvalue weighted by Crippen LogP contribution is 2.10. The van der Waals surface area contributed by atoms with Crippen LogP contribution in [0.5, 0.6) is 6.01 Å². The molecule has 120 valence electrons. The molecular formula is C13H21Cl2N3O3. The highest BCUT2D eigenvalue weighted by Gasteiger charge is 2.03. The molecule has 0 unspecified atom stereocenters. The van der Waals surface area contributed by atoms with Crippen LogP contribution in [0.2, 0.25) is 10.6 Å². The van der Waals surface area contributed by atoms with Gasteiger partial charge in [0.05, 0.1) is 19.8 Å². The van der Waals surface area contributed by atoms with Crippen LogP contribution in [0.15, 0.2) is 0 Å². The van der Waals surface area contributed by atoms with E-state index in [9.17, 15) is 0 Å². The minimum absolute atomic E-state index is 0.00221. The average Bonchev–Trinajstić information content (AvgIpc) is 2.44. The third-order valence-corrected chi connectivity index (χ3v) is 2.87. The van der Waals surface area contributed by atoms with Gasteiger partial charge in [-0.25, -0.2) is 0 Å². The van der Waals surface area contributed by atoms with Gasteiger partial charge in [0.15, 0.2) is 0 Å². The molecule has 0 amide bonds. The third kappa shape index (κ3) is 9.79. The summed E-state index contributed by atoms with van der Waals surface area (Å²) >= 11 is 11.2. The minimum atomic E-state index is 0.00221.